The summed E-state index contributed by atoms with van der Waals surface area (Å²) in [4.78, 5) is 10.5. The van der Waals surface area contributed by atoms with Crippen LogP contribution in [-0.4, -0.2) is 26.0 Å². The number of rotatable bonds is 4. The third-order valence-corrected chi connectivity index (χ3v) is 2.41. The zero-order valence-electron chi connectivity index (χ0n) is 9.14. The Morgan fingerprint density at radius 3 is 2.67 bits per heavy atom. The summed E-state index contributed by atoms with van der Waals surface area (Å²) in [5.41, 5.74) is 1.44. The van der Waals surface area contributed by atoms with Gasteiger partial charge in [-0.1, -0.05) is 6.92 Å². The molecule has 2 N–H and O–H groups in total. The Kier molecular flexibility index (Phi) is 3.47. The second-order valence-electron chi connectivity index (χ2n) is 3.86. The highest BCUT2D eigenvalue weighted by atomic mass is 16.4. The van der Waals surface area contributed by atoms with E-state index in [0.29, 0.717) is 5.56 Å². The van der Waals surface area contributed by atoms with Gasteiger partial charge in [0.25, 0.3) is 0 Å². The van der Waals surface area contributed by atoms with E-state index in [-0.39, 0.29) is 12.3 Å². The van der Waals surface area contributed by atoms with Crippen molar-refractivity contribution in [1.82, 2.24) is 9.78 Å². The van der Waals surface area contributed by atoms with Crippen LogP contribution in [0.2, 0.25) is 0 Å². The first kappa shape index (κ1) is 11.7. The Hall–Kier alpha value is -1.36. The fourth-order valence-electron chi connectivity index (χ4n) is 1.60. The van der Waals surface area contributed by atoms with E-state index in [1.54, 1.807) is 31.8 Å². The largest absolute Gasteiger partial charge is 0.481 e. The van der Waals surface area contributed by atoms with Gasteiger partial charge < -0.3 is 10.2 Å². The molecule has 2 atom stereocenters. The summed E-state index contributed by atoms with van der Waals surface area (Å²) < 4.78 is 1.61. The number of aliphatic hydroxyl groups is 1. The fourth-order valence-corrected chi connectivity index (χ4v) is 1.60. The van der Waals surface area contributed by atoms with E-state index in [1.807, 2.05) is 0 Å². The number of nitrogens with zero attached hydrogens (tertiary/aromatic N) is 2. The van der Waals surface area contributed by atoms with Crippen LogP contribution in [0.3, 0.4) is 0 Å². The first-order valence-corrected chi connectivity index (χ1v) is 4.81. The lowest BCUT2D eigenvalue weighted by molar-refractivity contribution is -0.139. The van der Waals surface area contributed by atoms with Gasteiger partial charge in [0.2, 0.25) is 0 Å². The van der Waals surface area contributed by atoms with E-state index < -0.39 is 12.1 Å². The lowest BCUT2D eigenvalue weighted by Crippen LogP contribution is -2.13. The number of aliphatic carboxylic acids is 1. The molecular weight excluding hydrogens is 196 g/mol. The van der Waals surface area contributed by atoms with E-state index in [1.165, 1.54) is 0 Å². The van der Waals surface area contributed by atoms with Crippen molar-refractivity contribution in [2.75, 3.05) is 0 Å². The van der Waals surface area contributed by atoms with E-state index in [4.69, 9.17) is 5.11 Å². The molecule has 1 rings (SSSR count). The second kappa shape index (κ2) is 4.44. The molecule has 15 heavy (non-hydrogen) atoms. The average molecular weight is 212 g/mol. The van der Waals surface area contributed by atoms with Crippen LogP contribution in [0.15, 0.2) is 6.20 Å². The van der Waals surface area contributed by atoms with Gasteiger partial charge in [-0.2, -0.15) is 5.10 Å². The van der Waals surface area contributed by atoms with Gasteiger partial charge in [0.1, 0.15) is 0 Å². The summed E-state index contributed by atoms with van der Waals surface area (Å²) in [5.74, 6) is -1.21. The molecule has 0 aromatic carbocycles. The first-order valence-electron chi connectivity index (χ1n) is 4.81. The number of hydrogen-bond donors (Lipinski definition) is 2. The maximum atomic E-state index is 10.5. The first-order chi connectivity index (χ1) is 6.91. The lowest BCUT2D eigenvalue weighted by atomic mass is 9.95. The molecule has 1 heterocycles. The van der Waals surface area contributed by atoms with Crippen LogP contribution < -0.4 is 0 Å². The quantitative estimate of drug-likeness (QED) is 0.776. The Morgan fingerprint density at radius 1 is 1.67 bits per heavy atom. The van der Waals surface area contributed by atoms with E-state index in [9.17, 15) is 9.90 Å². The highest BCUT2D eigenvalue weighted by molar-refractivity contribution is 5.67. The second-order valence-corrected chi connectivity index (χ2v) is 3.86. The lowest BCUT2D eigenvalue weighted by Gasteiger charge is -2.16. The fraction of sp³-hybridized carbons (Fsp3) is 0.600. The molecule has 0 aliphatic heterocycles. The highest BCUT2D eigenvalue weighted by Crippen LogP contribution is 2.25. The summed E-state index contributed by atoms with van der Waals surface area (Å²) in [6.45, 7) is 3.51. The van der Waals surface area contributed by atoms with Crippen molar-refractivity contribution >= 4 is 5.97 Å². The van der Waals surface area contributed by atoms with Crippen molar-refractivity contribution in [3.63, 3.8) is 0 Å². The number of carbonyl (C=O) groups is 1. The molecule has 84 valence electrons. The summed E-state index contributed by atoms with van der Waals surface area (Å²) in [6.07, 6.45) is 0.906. The normalized spacial score (nSPS) is 14.9. The monoisotopic (exact) mass is 212 g/mol. The van der Waals surface area contributed by atoms with Crippen LogP contribution in [0.25, 0.3) is 0 Å². The van der Waals surface area contributed by atoms with Gasteiger partial charge in [0.05, 0.1) is 18.2 Å². The summed E-state index contributed by atoms with van der Waals surface area (Å²) >= 11 is 0. The van der Waals surface area contributed by atoms with Crippen molar-refractivity contribution in [3.8, 4) is 0 Å². The highest BCUT2D eigenvalue weighted by Gasteiger charge is 2.22. The predicted octanol–water partition coefficient (Wildman–Crippen LogP) is 0.873. The molecule has 0 fully saturated rings. The van der Waals surface area contributed by atoms with E-state index in [0.717, 1.165) is 5.69 Å². The summed E-state index contributed by atoms with van der Waals surface area (Å²) in [6, 6.07) is 0. The number of carboxylic acids is 1. The molecule has 0 radical (unpaired) electrons. The molecule has 1 aromatic heterocycles. The molecule has 0 saturated heterocycles. The van der Waals surface area contributed by atoms with Gasteiger partial charge in [0.15, 0.2) is 0 Å². The maximum Gasteiger partial charge on any atom is 0.303 e. The molecule has 1 aromatic rings. The Balaban J connectivity index is 2.79. The zero-order chi connectivity index (χ0) is 11.6. The number of carboxylic acid groups (broad SMARTS) is 1. The van der Waals surface area contributed by atoms with Gasteiger partial charge >= 0.3 is 5.97 Å². The summed E-state index contributed by atoms with van der Waals surface area (Å²) in [5, 5.41) is 22.6. The van der Waals surface area contributed by atoms with Crippen molar-refractivity contribution in [2.24, 2.45) is 13.0 Å². The van der Waals surface area contributed by atoms with Crippen molar-refractivity contribution in [1.29, 1.82) is 0 Å². The smallest absolute Gasteiger partial charge is 0.303 e. The van der Waals surface area contributed by atoms with E-state index in [2.05, 4.69) is 5.10 Å². The van der Waals surface area contributed by atoms with Gasteiger partial charge in [-0.25, -0.2) is 0 Å². The van der Waals surface area contributed by atoms with Crippen molar-refractivity contribution < 1.29 is 15.0 Å². The zero-order valence-corrected chi connectivity index (χ0v) is 9.14. The van der Waals surface area contributed by atoms with Crippen molar-refractivity contribution in [3.05, 3.63) is 17.5 Å². The molecule has 0 bridgehead atoms. The predicted molar refractivity (Wildman–Crippen MR) is 54.3 cm³/mol. The average Bonchev–Trinajstić information content (AvgIpc) is 2.42. The van der Waals surface area contributed by atoms with Gasteiger partial charge in [-0.3, -0.25) is 9.48 Å². The van der Waals surface area contributed by atoms with Gasteiger partial charge in [0, 0.05) is 18.8 Å². The number of aryl methyl sites for hydroxylation is 2. The van der Waals surface area contributed by atoms with Gasteiger partial charge in [-0.15, -0.1) is 0 Å². The third kappa shape index (κ3) is 2.79. The Labute approximate surface area is 88.3 Å². The minimum Gasteiger partial charge on any atom is -0.481 e. The molecule has 0 amide bonds. The van der Waals surface area contributed by atoms with Gasteiger partial charge in [-0.05, 0) is 12.8 Å². The molecule has 5 nitrogen and oxygen atoms in total. The topological polar surface area (TPSA) is 75.3 Å². The van der Waals surface area contributed by atoms with Crippen LogP contribution in [0.1, 0.15) is 30.7 Å². The minimum atomic E-state index is -0.900. The molecular formula is C10H16N2O3. The molecule has 0 aliphatic carbocycles. The van der Waals surface area contributed by atoms with Crippen LogP contribution >= 0.6 is 0 Å². The molecule has 0 saturated carbocycles. The van der Waals surface area contributed by atoms with Crippen LogP contribution in [0, 0.1) is 12.8 Å². The minimum absolute atomic E-state index is 0.0461. The van der Waals surface area contributed by atoms with Crippen LogP contribution in [0.4, 0.5) is 0 Å². The molecule has 0 spiro atoms. The molecule has 2 unspecified atom stereocenters. The standard InChI is InChI=1S/C10H16N2O3/c1-6(4-9(13)14)10(15)8-5-12(3)11-7(8)2/h5-6,10,15H,4H2,1-3H3,(H,13,14). The van der Waals surface area contributed by atoms with E-state index >= 15 is 0 Å². The number of aliphatic hydroxyl groups excluding tert-OH is 1. The number of hydrogen-bond acceptors (Lipinski definition) is 3. The van der Waals surface area contributed by atoms with Crippen LogP contribution in [0.5, 0.6) is 0 Å². The Morgan fingerprint density at radius 2 is 2.27 bits per heavy atom. The van der Waals surface area contributed by atoms with Crippen LogP contribution in [-0.2, 0) is 11.8 Å². The number of aromatic nitrogens is 2. The third-order valence-electron chi connectivity index (χ3n) is 2.41. The van der Waals surface area contributed by atoms with Crippen molar-refractivity contribution in [2.45, 2.75) is 26.4 Å². The molecule has 5 heteroatoms. The Bertz CT molecular complexity index is 360. The SMILES string of the molecule is Cc1nn(C)cc1C(O)C(C)CC(=O)O. The maximum absolute atomic E-state index is 10.5. The summed E-state index contributed by atoms with van der Waals surface area (Å²) in [7, 11) is 1.77. The molecule has 0 aliphatic rings.